The van der Waals surface area contributed by atoms with E-state index in [9.17, 15) is 0 Å². The van der Waals surface area contributed by atoms with Crippen LogP contribution in [0.2, 0.25) is 0 Å². The summed E-state index contributed by atoms with van der Waals surface area (Å²) < 4.78 is 31.6. The fraction of sp³-hybridized carbons (Fsp3) is 0.222. The Morgan fingerprint density at radius 1 is 0.759 bits per heavy atom. The largest absolute Gasteiger partial charge is 0.394 e. The van der Waals surface area contributed by atoms with Crippen molar-refractivity contribution in [1.29, 1.82) is 0 Å². The van der Waals surface area contributed by atoms with Gasteiger partial charge in [0.25, 0.3) is 0 Å². The third-order valence-electron chi connectivity index (χ3n) is 3.39. The summed E-state index contributed by atoms with van der Waals surface area (Å²) in [6, 6.07) is 16.1. The van der Waals surface area contributed by atoms with Crippen LogP contribution in [0.1, 0.15) is 22.3 Å². The quantitative estimate of drug-likeness (QED) is 0.235. The molecule has 2 rings (SSSR count). The van der Waals surface area contributed by atoms with E-state index in [1.165, 1.54) is 11.1 Å². The molecule has 0 aromatic heterocycles. The Balaban J connectivity index is 0.000000442. The molecule has 0 amide bonds. The summed E-state index contributed by atoms with van der Waals surface area (Å²) in [7, 11) is -4.67. The maximum Gasteiger partial charge on any atom is 0.394 e. The molecule has 0 bridgehead atoms. The van der Waals surface area contributed by atoms with E-state index in [1.54, 1.807) is 0 Å². The maximum atomic E-state index is 8.74. The van der Waals surface area contributed by atoms with Crippen LogP contribution in [0.15, 0.2) is 58.5 Å². The third-order valence-corrected chi connectivity index (χ3v) is 3.39. The van der Waals surface area contributed by atoms with Crippen LogP contribution in [0, 0.1) is 13.8 Å². The normalized spacial score (nSPS) is 9.79. The van der Waals surface area contributed by atoms with Gasteiger partial charge in [0.05, 0.1) is 13.1 Å². The van der Waals surface area contributed by atoms with Crippen molar-refractivity contribution in [2.75, 3.05) is 0 Å². The molecule has 2 aromatic rings. The van der Waals surface area contributed by atoms with Crippen LogP contribution in [0.4, 0.5) is 0 Å². The third kappa shape index (κ3) is 15.6. The zero-order valence-electron chi connectivity index (χ0n) is 16.4. The van der Waals surface area contributed by atoms with Gasteiger partial charge in [-0.25, -0.2) is 9.98 Å². The number of benzene rings is 2. The van der Waals surface area contributed by atoms with Gasteiger partial charge < -0.3 is 22.9 Å². The number of guanidine groups is 2. The summed E-state index contributed by atoms with van der Waals surface area (Å²) in [6.45, 7) is 5.21. The molecule has 0 aliphatic rings. The molecule has 0 fully saturated rings. The van der Waals surface area contributed by atoms with Crippen molar-refractivity contribution in [1.82, 2.24) is 0 Å². The molecule has 0 aliphatic heterocycles. The van der Waals surface area contributed by atoms with Crippen molar-refractivity contribution in [3.63, 3.8) is 0 Å². The van der Waals surface area contributed by atoms with Gasteiger partial charge in [-0.15, -0.1) is 0 Å². The molecule has 11 heteroatoms. The van der Waals surface area contributed by atoms with E-state index < -0.39 is 10.4 Å². The summed E-state index contributed by atoms with van der Waals surface area (Å²) in [5, 5.41) is 0. The van der Waals surface area contributed by atoms with Crippen molar-refractivity contribution < 1.29 is 17.5 Å². The molecule has 2 aromatic carbocycles. The highest BCUT2D eigenvalue weighted by Gasteiger charge is 1.94. The molecule has 0 spiro atoms. The Bertz CT molecular complexity index is 852. The topological polar surface area (TPSA) is 203 Å². The summed E-state index contributed by atoms with van der Waals surface area (Å²) in [5.74, 6) is 0.275. The number of nitrogens with zero attached hydrogens (tertiary/aromatic N) is 2. The molecule has 0 saturated carbocycles. The van der Waals surface area contributed by atoms with E-state index in [4.69, 9.17) is 40.5 Å². The highest BCUT2D eigenvalue weighted by molar-refractivity contribution is 7.79. The van der Waals surface area contributed by atoms with Crippen LogP contribution in [0.5, 0.6) is 0 Å². The lowest BCUT2D eigenvalue weighted by Gasteiger charge is -2.00. The van der Waals surface area contributed by atoms with Crippen LogP contribution in [-0.2, 0) is 23.5 Å². The first-order valence-electron chi connectivity index (χ1n) is 8.29. The minimum absolute atomic E-state index is 0.137. The van der Waals surface area contributed by atoms with Gasteiger partial charge in [0.1, 0.15) is 0 Å². The predicted molar refractivity (Wildman–Crippen MR) is 116 cm³/mol. The molecule has 0 aliphatic carbocycles. The second-order valence-electron chi connectivity index (χ2n) is 5.78. The average Bonchev–Trinajstić information content (AvgIpc) is 2.59. The van der Waals surface area contributed by atoms with Crippen molar-refractivity contribution in [3.8, 4) is 0 Å². The number of rotatable bonds is 4. The summed E-state index contributed by atoms with van der Waals surface area (Å²) in [6.07, 6.45) is 0. The van der Waals surface area contributed by atoms with Gasteiger partial charge in [0, 0.05) is 0 Å². The molecular formula is C18H28N6O4S. The summed E-state index contributed by atoms with van der Waals surface area (Å²) in [5.41, 5.74) is 25.6. The second-order valence-corrected chi connectivity index (χ2v) is 6.68. The predicted octanol–water partition coefficient (Wildman–Crippen LogP) is 0.884. The first kappa shape index (κ1) is 25.9. The van der Waals surface area contributed by atoms with Crippen molar-refractivity contribution in [2.45, 2.75) is 26.9 Å². The van der Waals surface area contributed by atoms with E-state index in [1.807, 2.05) is 62.4 Å². The number of hydrogen-bond donors (Lipinski definition) is 6. The Hall–Kier alpha value is -3.15. The van der Waals surface area contributed by atoms with E-state index in [-0.39, 0.29) is 11.9 Å². The fourth-order valence-corrected chi connectivity index (χ4v) is 1.93. The summed E-state index contributed by atoms with van der Waals surface area (Å²) in [4.78, 5) is 7.86. The van der Waals surface area contributed by atoms with Crippen LogP contribution < -0.4 is 22.9 Å². The Morgan fingerprint density at radius 3 is 1.28 bits per heavy atom. The van der Waals surface area contributed by atoms with Crippen LogP contribution in [0.3, 0.4) is 0 Å². The van der Waals surface area contributed by atoms with Crippen molar-refractivity contribution in [3.05, 3.63) is 70.8 Å². The van der Waals surface area contributed by atoms with Crippen molar-refractivity contribution >= 4 is 22.3 Å². The standard InChI is InChI=1S/2C9H13N3.H2O4S/c2*1-7-4-2-3-5-8(7)6-12-9(10)11;1-5(2,3)4/h2*2-5H,6H2,1H3,(H4,10,11,12);(H2,1,2,3,4). The van der Waals surface area contributed by atoms with Gasteiger partial charge in [-0.05, 0) is 36.1 Å². The van der Waals surface area contributed by atoms with Crippen molar-refractivity contribution in [2.24, 2.45) is 32.9 Å². The van der Waals surface area contributed by atoms with E-state index in [0.29, 0.717) is 13.1 Å². The van der Waals surface area contributed by atoms with Gasteiger partial charge in [0.15, 0.2) is 11.9 Å². The lowest BCUT2D eigenvalue weighted by atomic mass is 10.1. The molecule has 10 N–H and O–H groups in total. The lowest BCUT2D eigenvalue weighted by Crippen LogP contribution is -2.22. The van der Waals surface area contributed by atoms with E-state index >= 15 is 0 Å². The Labute approximate surface area is 170 Å². The fourth-order valence-electron chi connectivity index (χ4n) is 1.93. The van der Waals surface area contributed by atoms with E-state index in [0.717, 1.165) is 11.1 Å². The van der Waals surface area contributed by atoms with E-state index in [2.05, 4.69) is 9.98 Å². The molecule has 0 heterocycles. The zero-order valence-corrected chi connectivity index (χ0v) is 17.2. The van der Waals surface area contributed by atoms with Gasteiger partial charge in [-0.1, -0.05) is 48.5 Å². The van der Waals surface area contributed by atoms with Gasteiger partial charge in [-0.2, -0.15) is 8.42 Å². The Kier molecular flexibility index (Phi) is 11.7. The zero-order chi connectivity index (χ0) is 22.4. The van der Waals surface area contributed by atoms with Gasteiger partial charge in [0.2, 0.25) is 0 Å². The molecule has 160 valence electrons. The van der Waals surface area contributed by atoms with Crippen LogP contribution in [-0.4, -0.2) is 29.4 Å². The van der Waals surface area contributed by atoms with Crippen LogP contribution in [0.25, 0.3) is 0 Å². The molecule has 0 unspecified atom stereocenters. The number of aliphatic imine (C=N–C) groups is 2. The smallest absolute Gasteiger partial charge is 0.370 e. The molecule has 0 radical (unpaired) electrons. The molecule has 0 atom stereocenters. The maximum absolute atomic E-state index is 8.74. The number of aryl methyl sites for hydroxylation is 2. The minimum Gasteiger partial charge on any atom is -0.370 e. The first-order chi connectivity index (χ1) is 13.4. The first-order valence-corrected chi connectivity index (χ1v) is 9.69. The molecule has 10 nitrogen and oxygen atoms in total. The SMILES string of the molecule is Cc1ccccc1CN=C(N)N.Cc1ccccc1CN=C(N)N.O=S(=O)(O)O. The Morgan fingerprint density at radius 2 is 1.03 bits per heavy atom. The molecule has 0 saturated heterocycles. The highest BCUT2D eigenvalue weighted by Crippen LogP contribution is 2.08. The summed E-state index contributed by atoms with van der Waals surface area (Å²) >= 11 is 0. The highest BCUT2D eigenvalue weighted by atomic mass is 32.3. The minimum atomic E-state index is -4.67. The number of hydrogen-bond acceptors (Lipinski definition) is 4. The second kappa shape index (κ2) is 13.1. The average molecular weight is 425 g/mol. The van der Waals surface area contributed by atoms with Gasteiger partial charge >= 0.3 is 10.4 Å². The monoisotopic (exact) mass is 424 g/mol. The number of nitrogens with two attached hydrogens (primary N) is 4. The lowest BCUT2D eigenvalue weighted by molar-refractivity contribution is 0.381. The molecular weight excluding hydrogens is 396 g/mol. The van der Waals surface area contributed by atoms with Gasteiger partial charge in [-0.3, -0.25) is 9.11 Å². The van der Waals surface area contributed by atoms with Crippen LogP contribution >= 0.6 is 0 Å². The molecule has 29 heavy (non-hydrogen) atoms.